The monoisotopic (exact) mass is 394 g/mol. The molecule has 29 heavy (non-hydrogen) atoms. The number of aryl methyl sites for hydroxylation is 1. The SMILES string of the molecule is COc1ccc(NC(=O)c2cccn(OCc3ccccc3C)c2=O)c(OC)c1. The Labute approximate surface area is 168 Å². The second-order valence-electron chi connectivity index (χ2n) is 6.27. The molecule has 0 aliphatic rings. The average molecular weight is 394 g/mol. The van der Waals surface area contributed by atoms with Gasteiger partial charge < -0.3 is 19.6 Å². The summed E-state index contributed by atoms with van der Waals surface area (Å²) in [5.74, 6) is 0.448. The number of benzene rings is 2. The zero-order valence-electron chi connectivity index (χ0n) is 16.5. The van der Waals surface area contributed by atoms with Gasteiger partial charge in [-0.05, 0) is 42.3 Å². The fourth-order valence-electron chi connectivity index (χ4n) is 2.75. The number of hydrogen-bond donors (Lipinski definition) is 1. The summed E-state index contributed by atoms with van der Waals surface area (Å²) in [6, 6.07) is 15.7. The van der Waals surface area contributed by atoms with E-state index in [-0.39, 0.29) is 12.2 Å². The number of rotatable bonds is 7. The van der Waals surface area contributed by atoms with Crippen LogP contribution in [0.2, 0.25) is 0 Å². The van der Waals surface area contributed by atoms with Crippen LogP contribution >= 0.6 is 0 Å². The molecule has 0 spiro atoms. The zero-order valence-corrected chi connectivity index (χ0v) is 16.5. The van der Waals surface area contributed by atoms with Gasteiger partial charge in [0.15, 0.2) is 0 Å². The molecule has 3 aromatic rings. The highest BCUT2D eigenvalue weighted by Gasteiger charge is 2.15. The molecule has 1 amide bonds. The predicted molar refractivity (Wildman–Crippen MR) is 110 cm³/mol. The van der Waals surface area contributed by atoms with Crippen molar-refractivity contribution in [1.29, 1.82) is 0 Å². The molecule has 0 saturated heterocycles. The molecule has 3 rings (SSSR count). The maximum absolute atomic E-state index is 12.7. The van der Waals surface area contributed by atoms with E-state index in [0.29, 0.717) is 17.2 Å². The first-order chi connectivity index (χ1) is 14.0. The second-order valence-corrected chi connectivity index (χ2v) is 6.27. The highest BCUT2D eigenvalue weighted by Crippen LogP contribution is 2.29. The van der Waals surface area contributed by atoms with Crippen molar-refractivity contribution < 1.29 is 19.1 Å². The Kier molecular flexibility index (Phi) is 6.19. The Morgan fingerprint density at radius 2 is 1.83 bits per heavy atom. The number of amides is 1. The average Bonchev–Trinajstić information content (AvgIpc) is 2.74. The molecule has 0 atom stereocenters. The van der Waals surface area contributed by atoms with Gasteiger partial charge in [-0.1, -0.05) is 24.3 Å². The predicted octanol–water partition coefficient (Wildman–Crippen LogP) is 3.06. The van der Waals surface area contributed by atoms with Crippen molar-refractivity contribution in [1.82, 2.24) is 4.73 Å². The molecule has 2 aromatic carbocycles. The minimum Gasteiger partial charge on any atom is -0.497 e. The van der Waals surface area contributed by atoms with Crippen LogP contribution in [-0.2, 0) is 6.61 Å². The van der Waals surface area contributed by atoms with Crippen molar-refractivity contribution in [3.63, 3.8) is 0 Å². The van der Waals surface area contributed by atoms with E-state index in [1.807, 2.05) is 31.2 Å². The molecule has 0 aliphatic heterocycles. The molecule has 0 fully saturated rings. The van der Waals surface area contributed by atoms with Crippen molar-refractivity contribution in [3.8, 4) is 11.5 Å². The third-order valence-corrected chi connectivity index (χ3v) is 4.44. The van der Waals surface area contributed by atoms with Gasteiger partial charge in [-0.2, -0.15) is 4.73 Å². The number of pyridine rings is 1. The summed E-state index contributed by atoms with van der Waals surface area (Å²) < 4.78 is 11.5. The van der Waals surface area contributed by atoms with Gasteiger partial charge in [0, 0.05) is 12.3 Å². The normalized spacial score (nSPS) is 10.3. The van der Waals surface area contributed by atoms with E-state index in [1.165, 1.54) is 26.5 Å². The molecule has 0 unspecified atom stereocenters. The van der Waals surface area contributed by atoms with Gasteiger partial charge in [-0.25, -0.2) is 0 Å². The number of carbonyl (C=O) groups excluding carboxylic acids is 1. The number of nitrogens with zero attached hydrogens (tertiary/aromatic N) is 1. The number of hydrogen-bond acceptors (Lipinski definition) is 5. The molecule has 1 N–H and O–H groups in total. The van der Waals surface area contributed by atoms with Gasteiger partial charge in [0.1, 0.15) is 23.7 Å². The van der Waals surface area contributed by atoms with E-state index in [4.69, 9.17) is 14.3 Å². The summed E-state index contributed by atoms with van der Waals surface area (Å²) in [4.78, 5) is 31.0. The Morgan fingerprint density at radius 3 is 2.55 bits per heavy atom. The van der Waals surface area contributed by atoms with Gasteiger partial charge >= 0.3 is 0 Å². The summed E-state index contributed by atoms with van der Waals surface area (Å²) in [5.41, 5.74) is 1.84. The summed E-state index contributed by atoms with van der Waals surface area (Å²) in [7, 11) is 3.02. The molecular weight excluding hydrogens is 372 g/mol. The van der Waals surface area contributed by atoms with Gasteiger partial charge in [0.2, 0.25) is 0 Å². The van der Waals surface area contributed by atoms with Crippen LogP contribution in [0.1, 0.15) is 21.5 Å². The Bertz CT molecular complexity index is 1070. The lowest BCUT2D eigenvalue weighted by atomic mass is 10.1. The lowest BCUT2D eigenvalue weighted by Crippen LogP contribution is -2.32. The molecule has 7 heteroatoms. The quantitative estimate of drug-likeness (QED) is 0.666. The van der Waals surface area contributed by atoms with E-state index in [1.54, 1.807) is 24.3 Å². The Morgan fingerprint density at radius 1 is 1.03 bits per heavy atom. The van der Waals surface area contributed by atoms with E-state index in [2.05, 4.69) is 5.32 Å². The van der Waals surface area contributed by atoms with Gasteiger partial charge in [-0.15, -0.1) is 0 Å². The number of aromatic nitrogens is 1. The van der Waals surface area contributed by atoms with E-state index in [0.717, 1.165) is 15.9 Å². The highest BCUT2D eigenvalue weighted by molar-refractivity contribution is 6.04. The lowest BCUT2D eigenvalue weighted by molar-refractivity contribution is 0.0861. The molecule has 7 nitrogen and oxygen atoms in total. The third kappa shape index (κ3) is 4.57. The van der Waals surface area contributed by atoms with Crippen molar-refractivity contribution in [3.05, 3.63) is 87.8 Å². The van der Waals surface area contributed by atoms with Crippen molar-refractivity contribution in [2.24, 2.45) is 0 Å². The van der Waals surface area contributed by atoms with E-state index in [9.17, 15) is 9.59 Å². The van der Waals surface area contributed by atoms with Gasteiger partial charge in [-0.3, -0.25) is 9.59 Å². The van der Waals surface area contributed by atoms with Crippen LogP contribution in [0.5, 0.6) is 11.5 Å². The lowest BCUT2D eigenvalue weighted by Gasteiger charge is -2.13. The number of anilines is 1. The van der Waals surface area contributed by atoms with E-state index < -0.39 is 11.5 Å². The number of carbonyl (C=O) groups is 1. The maximum atomic E-state index is 12.7. The molecule has 0 saturated carbocycles. The summed E-state index contributed by atoms with van der Waals surface area (Å²) in [6.45, 7) is 2.18. The highest BCUT2D eigenvalue weighted by atomic mass is 16.7. The Hall–Kier alpha value is -3.74. The van der Waals surface area contributed by atoms with Crippen molar-refractivity contribution in [2.75, 3.05) is 19.5 Å². The minimum absolute atomic E-state index is 0.0462. The minimum atomic E-state index is -0.563. The first-order valence-electron chi connectivity index (χ1n) is 8.96. The number of methoxy groups -OCH3 is 2. The van der Waals surface area contributed by atoms with Crippen molar-refractivity contribution in [2.45, 2.75) is 13.5 Å². The number of ether oxygens (including phenoxy) is 2. The van der Waals surface area contributed by atoms with Crippen LogP contribution in [0.4, 0.5) is 5.69 Å². The van der Waals surface area contributed by atoms with Gasteiger partial charge in [0.05, 0.1) is 19.9 Å². The third-order valence-electron chi connectivity index (χ3n) is 4.44. The summed E-state index contributed by atoms with van der Waals surface area (Å²) in [6.07, 6.45) is 1.48. The zero-order chi connectivity index (χ0) is 20.8. The first kappa shape index (κ1) is 20.0. The molecule has 1 heterocycles. The van der Waals surface area contributed by atoms with Crippen LogP contribution < -0.4 is 25.2 Å². The Balaban J connectivity index is 1.79. The fourth-order valence-corrected chi connectivity index (χ4v) is 2.75. The maximum Gasteiger partial charge on any atom is 0.295 e. The van der Waals surface area contributed by atoms with Gasteiger partial charge in [0.25, 0.3) is 11.5 Å². The first-order valence-corrected chi connectivity index (χ1v) is 8.96. The standard InChI is InChI=1S/C22H22N2O5/c1-15-7-4-5-8-16(15)14-29-24-12-6-9-18(22(24)26)21(25)23-19-11-10-17(27-2)13-20(19)28-3/h4-13H,14H2,1-3H3,(H,23,25). The van der Waals surface area contributed by atoms with Crippen LogP contribution in [-0.4, -0.2) is 24.9 Å². The fraction of sp³-hybridized carbons (Fsp3) is 0.182. The topological polar surface area (TPSA) is 78.8 Å². The molecule has 0 radical (unpaired) electrons. The van der Waals surface area contributed by atoms with Crippen LogP contribution in [0, 0.1) is 6.92 Å². The van der Waals surface area contributed by atoms with Crippen LogP contribution in [0.25, 0.3) is 0 Å². The number of nitrogens with one attached hydrogen (secondary N) is 1. The summed E-state index contributed by atoms with van der Waals surface area (Å²) >= 11 is 0. The van der Waals surface area contributed by atoms with E-state index >= 15 is 0 Å². The largest absolute Gasteiger partial charge is 0.497 e. The van der Waals surface area contributed by atoms with Crippen molar-refractivity contribution >= 4 is 11.6 Å². The van der Waals surface area contributed by atoms with Crippen LogP contribution in [0.3, 0.4) is 0 Å². The van der Waals surface area contributed by atoms with Crippen LogP contribution in [0.15, 0.2) is 65.6 Å². The molecule has 1 aromatic heterocycles. The molecular formula is C22H22N2O5. The molecule has 150 valence electrons. The molecule has 0 aliphatic carbocycles. The summed E-state index contributed by atoms with van der Waals surface area (Å²) in [5, 5.41) is 2.69. The molecule has 0 bridgehead atoms. The smallest absolute Gasteiger partial charge is 0.295 e. The second kappa shape index (κ2) is 8.97.